The molecule has 0 aromatic heterocycles. The van der Waals surface area contributed by atoms with Crippen LogP contribution in [0.15, 0.2) is 23.1 Å². The van der Waals surface area contributed by atoms with Crippen LogP contribution in [0.4, 0.5) is 0 Å². The Morgan fingerprint density at radius 1 is 1.44 bits per heavy atom. The zero-order valence-electron chi connectivity index (χ0n) is 9.39. The molecule has 4 nitrogen and oxygen atoms in total. The van der Waals surface area contributed by atoms with E-state index in [0.29, 0.717) is 12.8 Å². The van der Waals surface area contributed by atoms with Gasteiger partial charge in [0.25, 0.3) is 0 Å². The Hall–Kier alpha value is -1.51. The summed E-state index contributed by atoms with van der Waals surface area (Å²) in [6.45, 7) is 0. The number of terminal acetylenes is 1. The summed E-state index contributed by atoms with van der Waals surface area (Å²) in [5.74, 6) is 1.08. The molecule has 0 aliphatic rings. The first-order valence-corrected chi connectivity index (χ1v) is 7.10. The minimum atomic E-state index is -3.47. The van der Waals surface area contributed by atoms with Crippen molar-refractivity contribution < 1.29 is 18.3 Å². The summed E-state index contributed by atoms with van der Waals surface area (Å²) in [7, 11) is -3.47. The van der Waals surface area contributed by atoms with Gasteiger partial charge in [0.15, 0.2) is 9.84 Å². The third-order valence-electron chi connectivity index (χ3n) is 2.26. The normalized spacial score (nSPS) is 10.9. The van der Waals surface area contributed by atoms with Crippen molar-refractivity contribution in [1.82, 2.24) is 0 Å². The smallest absolute Gasteiger partial charge is 0.337 e. The van der Waals surface area contributed by atoms with E-state index in [-0.39, 0.29) is 21.2 Å². The lowest BCUT2D eigenvalue weighted by Gasteiger charge is -2.05. The molecule has 0 bridgehead atoms. The van der Waals surface area contributed by atoms with Gasteiger partial charge in [-0.15, -0.1) is 12.3 Å². The van der Waals surface area contributed by atoms with Gasteiger partial charge < -0.3 is 5.11 Å². The van der Waals surface area contributed by atoms with Crippen molar-refractivity contribution in [2.45, 2.75) is 17.7 Å². The Kier molecular flexibility index (Phi) is 4.76. The van der Waals surface area contributed by atoms with Crippen LogP contribution >= 0.6 is 11.6 Å². The Morgan fingerprint density at radius 2 is 2.11 bits per heavy atom. The maximum absolute atomic E-state index is 11.9. The fraction of sp³-hybridized carbons (Fsp3) is 0.250. The highest BCUT2D eigenvalue weighted by Gasteiger charge is 2.17. The van der Waals surface area contributed by atoms with Gasteiger partial charge in [-0.3, -0.25) is 0 Å². The first-order chi connectivity index (χ1) is 8.38. The van der Waals surface area contributed by atoms with Crippen LogP contribution in [0.3, 0.4) is 0 Å². The van der Waals surface area contributed by atoms with Crippen LogP contribution in [-0.4, -0.2) is 25.2 Å². The van der Waals surface area contributed by atoms with Crippen molar-refractivity contribution in [3.05, 3.63) is 28.8 Å². The predicted molar refractivity (Wildman–Crippen MR) is 68.5 cm³/mol. The maximum Gasteiger partial charge on any atom is 0.337 e. The molecule has 0 fully saturated rings. The van der Waals surface area contributed by atoms with E-state index < -0.39 is 15.8 Å². The molecule has 0 radical (unpaired) electrons. The molecule has 1 aromatic carbocycles. The maximum atomic E-state index is 11.9. The number of aromatic carboxylic acids is 1. The third kappa shape index (κ3) is 3.49. The molecule has 0 aliphatic carbocycles. The summed E-state index contributed by atoms with van der Waals surface area (Å²) >= 11 is 5.71. The number of unbranched alkanes of at least 4 members (excludes halogenated alkanes) is 1. The van der Waals surface area contributed by atoms with E-state index in [4.69, 9.17) is 23.1 Å². The van der Waals surface area contributed by atoms with Crippen LogP contribution in [0.5, 0.6) is 0 Å². The molecule has 18 heavy (non-hydrogen) atoms. The Balaban J connectivity index is 3.01. The third-order valence-corrected chi connectivity index (χ3v) is 4.38. The first-order valence-electron chi connectivity index (χ1n) is 5.07. The number of carboxylic acids is 1. The molecule has 0 saturated heterocycles. The molecule has 0 saturated carbocycles. The van der Waals surface area contributed by atoms with Crippen LogP contribution in [-0.2, 0) is 9.84 Å². The number of hydrogen-bond donors (Lipinski definition) is 1. The summed E-state index contributed by atoms with van der Waals surface area (Å²) in [5, 5.41) is 8.68. The fourth-order valence-electron chi connectivity index (χ4n) is 1.34. The zero-order valence-corrected chi connectivity index (χ0v) is 11.0. The van der Waals surface area contributed by atoms with E-state index >= 15 is 0 Å². The van der Waals surface area contributed by atoms with Gasteiger partial charge in [0.2, 0.25) is 0 Å². The Bertz CT molecular complexity index is 599. The number of carbonyl (C=O) groups is 1. The second kappa shape index (κ2) is 5.89. The molecule has 0 unspecified atom stereocenters. The summed E-state index contributed by atoms with van der Waals surface area (Å²) in [4.78, 5) is 10.7. The molecule has 0 amide bonds. The zero-order chi connectivity index (χ0) is 13.8. The number of benzene rings is 1. The lowest BCUT2D eigenvalue weighted by molar-refractivity contribution is 0.0697. The summed E-state index contributed by atoms with van der Waals surface area (Å²) in [6, 6.07) is 3.56. The van der Waals surface area contributed by atoms with E-state index in [1.807, 2.05) is 0 Å². The van der Waals surface area contributed by atoms with E-state index in [1.54, 1.807) is 0 Å². The van der Waals surface area contributed by atoms with Gasteiger partial charge in [0.05, 0.1) is 21.2 Å². The van der Waals surface area contributed by atoms with Gasteiger partial charge in [-0.05, 0) is 24.6 Å². The van der Waals surface area contributed by atoms with Crippen molar-refractivity contribution in [1.29, 1.82) is 0 Å². The van der Waals surface area contributed by atoms with Crippen molar-refractivity contribution in [3.8, 4) is 12.3 Å². The number of hydrogen-bond acceptors (Lipinski definition) is 3. The predicted octanol–water partition coefficient (Wildman–Crippen LogP) is 2.23. The van der Waals surface area contributed by atoms with Gasteiger partial charge in [-0.25, -0.2) is 13.2 Å². The monoisotopic (exact) mass is 286 g/mol. The minimum absolute atomic E-state index is 0.00882. The standard InChI is InChI=1S/C12H11ClO4S/c1-2-3-4-7-18(16,17)9-5-6-10(12(14)15)11(13)8-9/h1,5-6,8H,3-4,7H2,(H,14,15). The molecule has 0 spiro atoms. The Labute approximate surface area is 111 Å². The summed E-state index contributed by atoms with van der Waals surface area (Å²) in [5.41, 5.74) is -0.126. The average molecular weight is 287 g/mol. The van der Waals surface area contributed by atoms with Crippen LogP contribution in [0, 0.1) is 12.3 Å². The van der Waals surface area contributed by atoms with Gasteiger partial charge in [0, 0.05) is 6.42 Å². The minimum Gasteiger partial charge on any atom is -0.478 e. The molecule has 0 aliphatic heterocycles. The lowest BCUT2D eigenvalue weighted by atomic mass is 10.2. The highest BCUT2D eigenvalue weighted by atomic mass is 35.5. The van der Waals surface area contributed by atoms with Crippen LogP contribution in [0.25, 0.3) is 0 Å². The van der Waals surface area contributed by atoms with E-state index in [0.717, 1.165) is 6.07 Å². The molecule has 6 heteroatoms. The second-order valence-electron chi connectivity index (χ2n) is 3.57. The van der Waals surface area contributed by atoms with E-state index in [1.165, 1.54) is 12.1 Å². The number of carboxylic acid groups (broad SMARTS) is 1. The second-order valence-corrected chi connectivity index (χ2v) is 6.09. The number of sulfone groups is 1. The molecule has 0 heterocycles. The molecule has 1 N–H and O–H groups in total. The summed E-state index contributed by atoms with van der Waals surface area (Å²) < 4.78 is 23.7. The topological polar surface area (TPSA) is 71.4 Å². The van der Waals surface area contributed by atoms with Gasteiger partial charge >= 0.3 is 5.97 Å². The van der Waals surface area contributed by atoms with E-state index in [2.05, 4.69) is 5.92 Å². The van der Waals surface area contributed by atoms with Crippen molar-refractivity contribution in [2.24, 2.45) is 0 Å². The van der Waals surface area contributed by atoms with Crippen molar-refractivity contribution in [2.75, 3.05) is 5.75 Å². The Morgan fingerprint density at radius 3 is 2.61 bits per heavy atom. The molecular formula is C12H11ClO4S. The number of halogens is 1. The first kappa shape index (κ1) is 14.6. The van der Waals surface area contributed by atoms with Gasteiger partial charge in [-0.1, -0.05) is 11.6 Å². The highest BCUT2D eigenvalue weighted by molar-refractivity contribution is 7.91. The highest BCUT2D eigenvalue weighted by Crippen LogP contribution is 2.22. The SMILES string of the molecule is C#CCCCS(=O)(=O)c1ccc(C(=O)O)c(Cl)c1. The van der Waals surface area contributed by atoms with Crippen LogP contribution < -0.4 is 0 Å². The molecular weight excluding hydrogens is 276 g/mol. The van der Waals surface area contributed by atoms with Crippen molar-refractivity contribution >= 4 is 27.4 Å². The lowest BCUT2D eigenvalue weighted by Crippen LogP contribution is -2.08. The average Bonchev–Trinajstić information content (AvgIpc) is 2.28. The quantitative estimate of drug-likeness (QED) is 0.665. The van der Waals surface area contributed by atoms with Gasteiger partial charge in [-0.2, -0.15) is 0 Å². The fourth-order valence-corrected chi connectivity index (χ4v) is 3.00. The number of rotatable bonds is 5. The summed E-state index contributed by atoms with van der Waals surface area (Å²) in [6.07, 6.45) is 5.78. The van der Waals surface area contributed by atoms with Crippen LogP contribution in [0.2, 0.25) is 5.02 Å². The van der Waals surface area contributed by atoms with Crippen LogP contribution in [0.1, 0.15) is 23.2 Å². The molecule has 1 rings (SSSR count). The molecule has 96 valence electrons. The van der Waals surface area contributed by atoms with Gasteiger partial charge in [0.1, 0.15) is 0 Å². The largest absolute Gasteiger partial charge is 0.478 e. The molecule has 1 aromatic rings. The van der Waals surface area contributed by atoms with Crippen molar-refractivity contribution in [3.63, 3.8) is 0 Å². The molecule has 0 atom stereocenters. The van der Waals surface area contributed by atoms with E-state index in [9.17, 15) is 13.2 Å².